The van der Waals surface area contributed by atoms with E-state index in [1.165, 1.54) is 37.9 Å². The molecule has 0 bridgehead atoms. The Bertz CT molecular complexity index is 2740. The van der Waals surface area contributed by atoms with E-state index in [2.05, 4.69) is 140 Å². The molecule has 0 amide bonds. The van der Waals surface area contributed by atoms with Crippen molar-refractivity contribution in [2.45, 2.75) is 0 Å². The highest BCUT2D eigenvalue weighted by Crippen LogP contribution is 2.40. The van der Waals surface area contributed by atoms with Crippen LogP contribution in [0.2, 0.25) is 0 Å². The van der Waals surface area contributed by atoms with Crippen molar-refractivity contribution in [1.82, 2.24) is 9.97 Å². The van der Waals surface area contributed by atoms with Crippen LogP contribution in [0.3, 0.4) is 0 Å². The van der Waals surface area contributed by atoms with Gasteiger partial charge < -0.3 is 0 Å². The molecule has 1 aromatic heterocycles. The zero-order valence-corrected chi connectivity index (χ0v) is 27.1. The summed E-state index contributed by atoms with van der Waals surface area (Å²) >= 11 is 0. The minimum atomic E-state index is 0.644. The fourth-order valence-corrected chi connectivity index (χ4v) is 6.99. The third kappa shape index (κ3) is 5.26. The van der Waals surface area contributed by atoms with Gasteiger partial charge in [-0.3, -0.25) is 0 Å². The molecule has 0 fully saturated rings. The maximum Gasteiger partial charge on any atom is 0.160 e. The molecule has 0 aliphatic carbocycles. The third-order valence-corrected chi connectivity index (χ3v) is 9.50. The van der Waals surface area contributed by atoms with E-state index in [9.17, 15) is 5.26 Å². The van der Waals surface area contributed by atoms with E-state index in [1.807, 2.05) is 42.5 Å². The molecule has 0 aliphatic rings. The SMILES string of the molecule is N#Cc1ccc(-c2cccc(-c3cc(-c4ccccc4)nc(-c4ccc(-c5c6ccccc6cc6c5ccc5ccccc56)cc4)n3)c2)cc1. The Labute approximate surface area is 290 Å². The lowest BCUT2D eigenvalue weighted by atomic mass is 9.89. The van der Waals surface area contributed by atoms with Gasteiger partial charge in [0.25, 0.3) is 0 Å². The number of hydrogen-bond donors (Lipinski definition) is 0. The maximum atomic E-state index is 9.26. The Kier molecular flexibility index (Phi) is 7.19. The first-order chi connectivity index (χ1) is 24.7. The predicted molar refractivity (Wildman–Crippen MR) is 206 cm³/mol. The first kappa shape index (κ1) is 29.3. The average molecular weight is 636 g/mol. The normalized spacial score (nSPS) is 11.2. The fourth-order valence-electron chi connectivity index (χ4n) is 6.99. The Morgan fingerprint density at radius 1 is 0.360 bits per heavy atom. The van der Waals surface area contributed by atoms with E-state index in [4.69, 9.17) is 9.97 Å². The topological polar surface area (TPSA) is 49.6 Å². The fraction of sp³-hybridized carbons (Fsp3) is 0. The van der Waals surface area contributed by atoms with Gasteiger partial charge in [-0.2, -0.15) is 5.26 Å². The lowest BCUT2D eigenvalue weighted by Gasteiger charge is -2.15. The molecular formula is C47H29N3. The first-order valence-corrected chi connectivity index (χ1v) is 16.7. The van der Waals surface area contributed by atoms with Crippen molar-refractivity contribution in [3.8, 4) is 62.2 Å². The van der Waals surface area contributed by atoms with Crippen molar-refractivity contribution in [2.24, 2.45) is 0 Å². The molecule has 0 N–H and O–H groups in total. The minimum absolute atomic E-state index is 0.644. The molecule has 232 valence electrons. The van der Waals surface area contributed by atoms with Crippen LogP contribution >= 0.6 is 0 Å². The van der Waals surface area contributed by atoms with Gasteiger partial charge in [0.05, 0.1) is 23.0 Å². The lowest BCUT2D eigenvalue weighted by molar-refractivity contribution is 1.18. The van der Waals surface area contributed by atoms with Crippen LogP contribution in [0, 0.1) is 11.3 Å². The third-order valence-electron chi connectivity index (χ3n) is 9.50. The molecule has 3 heteroatoms. The molecule has 8 aromatic carbocycles. The monoisotopic (exact) mass is 635 g/mol. The van der Waals surface area contributed by atoms with Crippen LogP contribution in [0.1, 0.15) is 5.56 Å². The summed E-state index contributed by atoms with van der Waals surface area (Å²) in [5.41, 5.74) is 9.84. The van der Waals surface area contributed by atoms with Crippen LogP contribution in [0.25, 0.3) is 88.5 Å². The Morgan fingerprint density at radius 2 is 0.980 bits per heavy atom. The largest absolute Gasteiger partial charge is 0.228 e. The standard InChI is InChI=1S/C47H29N3/c48-30-31-17-19-32(20-18-31)37-13-8-14-39(27-37)45-29-44(34-10-2-1-3-11-34)49-47(50-45)36-23-21-35(22-24-36)46-41-16-7-5-12-38(41)28-43-40-15-6-4-9-33(40)25-26-42(43)46/h1-29H. The van der Waals surface area contributed by atoms with Crippen LogP contribution in [0.15, 0.2) is 176 Å². The summed E-state index contributed by atoms with van der Waals surface area (Å²) in [5.74, 6) is 0.672. The van der Waals surface area contributed by atoms with Crippen molar-refractivity contribution in [1.29, 1.82) is 5.26 Å². The molecule has 0 saturated heterocycles. The second-order valence-electron chi connectivity index (χ2n) is 12.5. The summed E-state index contributed by atoms with van der Waals surface area (Å²) in [5, 5.41) is 16.7. The molecule has 0 saturated carbocycles. The van der Waals surface area contributed by atoms with Gasteiger partial charge in [-0.05, 0) is 84.9 Å². The van der Waals surface area contributed by atoms with Crippen LogP contribution < -0.4 is 0 Å². The molecule has 0 aliphatic heterocycles. The highest BCUT2D eigenvalue weighted by Gasteiger charge is 2.15. The average Bonchev–Trinajstić information content (AvgIpc) is 3.20. The smallest absolute Gasteiger partial charge is 0.160 e. The highest BCUT2D eigenvalue weighted by atomic mass is 14.9. The van der Waals surface area contributed by atoms with Gasteiger partial charge in [0.15, 0.2) is 5.82 Å². The molecule has 0 unspecified atom stereocenters. The molecule has 0 radical (unpaired) electrons. The minimum Gasteiger partial charge on any atom is -0.228 e. The number of hydrogen-bond acceptors (Lipinski definition) is 3. The van der Waals surface area contributed by atoms with Crippen molar-refractivity contribution in [3.05, 3.63) is 181 Å². The summed E-state index contributed by atoms with van der Waals surface area (Å²) in [4.78, 5) is 10.2. The Balaban J connectivity index is 1.17. The highest BCUT2D eigenvalue weighted by molar-refractivity contribution is 6.20. The molecule has 3 nitrogen and oxygen atoms in total. The quantitative estimate of drug-likeness (QED) is 0.140. The molecule has 9 aromatic rings. The van der Waals surface area contributed by atoms with Gasteiger partial charge in [-0.1, -0.05) is 146 Å². The molecule has 0 atom stereocenters. The van der Waals surface area contributed by atoms with Gasteiger partial charge >= 0.3 is 0 Å². The van der Waals surface area contributed by atoms with Crippen molar-refractivity contribution in [3.63, 3.8) is 0 Å². The van der Waals surface area contributed by atoms with Crippen LogP contribution in [0.5, 0.6) is 0 Å². The van der Waals surface area contributed by atoms with E-state index < -0.39 is 0 Å². The summed E-state index contributed by atoms with van der Waals surface area (Å²) in [6.45, 7) is 0. The van der Waals surface area contributed by atoms with Crippen molar-refractivity contribution >= 4 is 32.3 Å². The lowest BCUT2D eigenvalue weighted by Crippen LogP contribution is -1.96. The van der Waals surface area contributed by atoms with E-state index in [0.29, 0.717) is 11.4 Å². The van der Waals surface area contributed by atoms with Crippen molar-refractivity contribution < 1.29 is 0 Å². The molecular weight excluding hydrogens is 607 g/mol. The molecule has 9 rings (SSSR count). The zero-order chi connectivity index (χ0) is 33.4. The van der Waals surface area contributed by atoms with E-state index in [-0.39, 0.29) is 0 Å². The van der Waals surface area contributed by atoms with E-state index in [0.717, 1.165) is 44.8 Å². The van der Waals surface area contributed by atoms with Crippen molar-refractivity contribution in [2.75, 3.05) is 0 Å². The number of fused-ring (bicyclic) bond motifs is 4. The van der Waals surface area contributed by atoms with Gasteiger partial charge in [-0.15, -0.1) is 0 Å². The predicted octanol–water partition coefficient (Wildman–Crippen LogP) is 12.1. The van der Waals surface area contributed by atoms with Gasteiger partial charge in [0.2, 0.25) is 0 Å². The second-order valence-corrected chi connectivity index (χ2v) is 12.5. The summed E-state index contributed by atoms with van der Waals surface area (Å²) in [6.07, 6.45) is 0. The van der Waals surface area contributed by atoms with Crippen LogP contribution in [0.4, 0.5) is 0 Å². The number of rotatable bonds is 5. The van der Waals surface area contributed by atoms with Gasteiger partial charge in [0, 0.05) is 16.7 Å². The number of aromatic nitrogens is 2. The van der Waals surface area contributed by atoms with E-state index in [1.54, 1.807) is 0 Å². The molecule has 0 spiro atoms. The summed E-state index contributed by atoms with van der Waals surface area (Å²) < 4.78 is 0. The first-order valence-electron chi connectivity index (χ1n) is 16.7. The van der Waals surface area contributed by atoms with Crippen LogP contribution in [-0.2, 0) is 0 Å². The Morgan fingerprint density at radius 3 is 1.76 bits per heavy atom. The maximum absolute atomic E-state index is 9.26. The summed E-state index contributed by atoms with van der Waals surface area (Å²) in [6, 6.07) is 63.4. The van der Waals surface area contributed by atoms with Gasteiger partial charge in [-0.25, -0.2) is 9.97 Å². The van der Waals surface area contributed by atoms with Crippen LogP contribution in [-0.4, -0.2) is 9.97 Å². The second kappa shape index (κ2) is 12.3. The molecule has 1 heterocycles. The molecule has 50 heavy (non-hydrogen) atoms. The van der Waals surface area contributed by atoms with Gasteiger partial charge in [0.1, 0.15) is 0 Å². The number of benzene rings is 8. The summed E-state index contributed by atoms with van der Waals surface area (Å²) in [7, 11) is 0. The Hall–Kier alpha value is -6.89. The number of nitriles is 1. The van der Waals surface area contributed by atoms with E-state index >= 15 is 0 Å². The number of nitrogens with zero attached hydrogens (tertiary/aromatic N) is 3. The zero-order valence-electron chi connectivity index (χ0n) is 27.1.